The first-order valence-corrected chi connectivity index (χ1v) is 6.41. The zero-order valence-corrected chi connectivity index (χ0v) is 11.6. The van der Waals surface area contributed by atoms with Crippen molar-refractivity contribution >= 4 is 23.2 Å². The summed E-state index contributed by atoms with van der Waals surface area (Å²) >= 11 is 11.7. The van der Waals surface area contributed by atoms with Gasteiger partial charge < -0.3 is 9.84 Å². The van der Waals surface area contributed by atoms with E-state index in [0.29, 0.717) is 21.2 Å². The van der Waals surface area contributed by atoms with E-state index in [1.807, 2.05) is 0 Å². The van der Waals surface area contributed by atoms with Crippen LogP contribution in [0.2, 0.25) is 10.0 Å². The number of aliphatic hydroxyl groups is 1. The fourth-order valence-electron chi connectivity index (χ4n) is 1.71. The number of aliphatic hydroxyl groups excluding tert-OH is 1. The van der Waals surface area contributed by atoms with Gasteiger partial charge in [0.25, 0.3) is 0 Å². The summed E-state index contributed by atoms with van der Waals surface area (Å²) < 4.78 is 28.3. The molecule has 1 atom stereocenters. The number of halogens is 4. The highest BCUT2D eigenvalue weighted by atomic mass is 35.5. The van der Waals surface area contributed by atoms with Crippen molar-refractivity contribution in [2.75, 3.05) is 0 Å². The van der Waals surface area contributed by atoms with E-state index < -0.39 is 12.7 Å². The van der Waals surface area contributed by atoms with Gasteiger partial charge in [-0.2, -0.15) is 8.78 Å². The van der Waals surface area contributed by atoms with E-state index in [2.05, 4.69) is 4.74 Å². The molecule has 106 valence electrons. The molecule has 0 radical (unpaired) electrons. The number of ether oxygens (including phenoxy) is 1. The minimum absolute atomic E-state index is 0.0325. The molecule has 6 heteroatoms. The van der Waals surface area contributed by atoms with E-state index in [1.54, 1.807) is 18.2 Å². The smallest absolute Gasteiger partial charge is 0.387 e. The summed E-state index contributed by atoms with van der Waals surface area (Å²) in [7, 11) is 0. The molecule has 0 saturated carbocycles. The van der Waals surface area contributed by atoms with Crippen LogP contribution in [-0.2, 0) is 0 Å². The number of benzene rings is 2. The topological polar surface area (TPSA) is 29.5 Å². The van der Waals surface area contributed by atoms with E-state index in [1.165, 1.54) is 24.3 Å². The van der Waals surface area contributed by atoms with Gasteiger partial charge in [-0.15, -0.1) is 0 Å². The van der Waals surface area contributed by atoms with Crippen LogP contribution in [0.4, 0.5) is 8.78 Å². The van der Waals surface area contributed by atoms with Crippen molar-refractivity contribution in [2.24, 2.45) is 0 Å². The summed E-state index contributed by atoms with van der Waals surface area (Å²) in [6.07, 6.45) is -0.926. The average Bonchev–Trinajstić information content (AvgIpc) is 2.41. The minimum Gasteiger partial charge on any atom is -0.435 e. The maximum Gasteiger partial charge on any atom is 0.387 e. The maximum atomic E-state index is 12.0. The highest BCUT2D eigenvalue weighted by Gasteiger charge is 2.12. The quantitative estimate of drug-likeness (QED) is 0.887. The lowest BCUT2D eigenvalue weighted by Crippen LogP contribution is -2.03. The van der Waals surface area contributed by atoms with Crippen LogP contribution in [0, 0.1) is 0 Å². The minimum atomic E-state index is -2.87. The summed E-state index contributed by atoms with van der Waals surface area (Å²) in [5, 5.41) is 10.9. The first-order valence-electron chi connectivity index (χ1n) is 5.65. The van der Waals surface area contributed by atoms with Gasteiger partial charge >= 0.3 is 6.61 Å². The second kappa shape index (κ2) is 6.39. The van der Waals surface area contributed by atoms with Gasteiger partial charge in [-0.3, -0.25) is 0 Å². The van der Waals surface area contributed by atoms with E-state index in [-0.39, 0.29) is 5.75 Å². The molecule has 2 rings (SSSR count). The van der Waals surface area contributed by atoms with Gasteiger partial charge in [0.15, 0.2) is 0 Å². The van der Waals surface area contributed by atoms with Crippen LogP contribution in [0.1, 0.15) is 17.2 Å². The third-order valence-electron chi connectivity index (χ3n) is 2.68. The third-order valence-corrected chi connectivity index (χ3v) is 3.42. The van der Waals surface area contributed by atoms with Crippen molar-refractivity contribution in [2.45, 2.75) is 12.7 Å². The molecular formula is C14H10Cl2F2O2. The molecule has 20 heavy (non-hydrogen) atoms. The van der Waals surface area contributed by atoms with Gasteiger partial charge in [0.2, 0.25) is 0 Å². The van der Waals surface area contributed by atoms with Crippen LogP contribution < -0.4 is 4.74 Å². The second-order valence-electron chi connectivity index (χ2n) is 4.02. The van der Waals surface area contributed by atoms with E-state index in [9.17, 15) is 13.9 Å². The fraction of sp³-hybridized carbons (Fsp3) is 0.143. The molecule has 2 aromatic carbocycles. The largest absolute Gasteiger partial charge is 0.435 e. The SMILES string of the molecule is OC(c1ccc(OC(F)F)cc1)c1ccc(Cl)c(Cl)c1. The molecular weight excluding hydrogens is 309 g/mol. The van der Waals surface area contributed by atoms with Gasteiger partial charge in [0.1, 0.15) is 11.9 Å². The van der Waals surface area contributed by atoms with E-state index in [0.717, 1.165) is 0 Å². The molecule has 0 amide bonds. The molecule has 0 heterocycles. The molecule has 0 aromatic heterocycles. The Morgan fingerprint density at radius 1 is 0.900 bits per heavy atom. The number of rotatable bonds is 4. The lowest BCUT2D eigenvalue weighted by molar-refractivity contribution is -0.0498. The molecule has 1 N–H and O–H groups in total. The predicted molar refractivity (Wildman–Crippen MR) is 73.6 cm³/mol. The Kier molecular flexibility index (Phi) is 4.81. The highest BCUT2D eigenvalue weighted by molar-refractivity contribution is 6.42. The van der Waals surface area contributed by atoms with Crippen molar-refractivity contribution in [3.05, 3.63) is 63.6 Å². The van der Waals surface area contributed by atoms with Gasteiger partial charge in [0, 0.05) is 0 Å². The summed E-state index contributed by atoms with van der Waals surface area (Å²) in [4.78, 5) is 0. The van der Waals surface area contributed by atoms with E-state index >= 15 is 0 Å². The molecule has 0 fully saturated rings. The van der Waals surface area contributed by atoms with Gasteiger partial charge in [-0.1, -0.05) is 41.4 Å². The molecule has 0 aliphatic rings. The van der Waals surface area contributed by atoms with E-state index in [4.69, 9.17) is 23.2 Å². The maximum absolute atomic E-state index is 12.0. The molecule has 2 nitrogen and oxygen atoms in total. The van der Waals surface area contributed by atoms with Crippen molar-refractivity contribution < 1.29 is 18.6 Å². The molecule has 0 aliphatic carbocycles. The third kappa shape index (κ3) is 3.60. The second-order valence-corrected chi connectivity index (χ2v) is 4.84. The average molecular weight is 319 g/mol. The number of hydrogen-bond donors (Lipinski definition) is 1. The van der Waals surface area contributed by atoms with Gasteiger partial charge in [0.05, 0.1) is 10.0 Å². The zero-order valence-electron chi connectivity index (χ0n) is 10.1. The standard InChI is InChI=1S/C14H10Cl2F2O2/c15-11-6-3-9(7-12(11)16)13(19)8-1-4-10(5-2-8)20-14(17)18/h1-7,13-14,19H. The Balaban J connectivity index is 2.20. The van der Waals surface area contributed by atoms with Crippen LogP contribution in [-0.4, -0.2) is 11.7 Å². The molecule has 0 bridgehead atoms. The molecule has 0 aliphatic heterocycles. The first kappa shape index (κ1) is 15.0. The van der Waals surface area contributed by atoms with Crippen LogP contribution in [0.25, 0.3) is 0 Å². The fourth-order valence-corrected chi connectivity index (χ4v) is 2.01. The Morgan fingerprint density at radius 3 is 2.05 bits per heavy atom. The van der Waals surface area contributed by atoms with Crippen LogP contribution in [0.3, 0.4) is 0 Å². The van der Waals surface area contributed by atoms with Crippen molar-refractivity contribution in [3.8, 4) is 5.75 Å². The van der Waals surface area contributed by atoms with Gasteiger partial charge in [-0.25, -0.2) is 0 Å². The zero-order chi connectivity index (χ0) is 14.7. The Bertz CT molecular complexity index is 588. The number of alkyl halides is 2. The summed E-state index contributed by atoms with van der Waals surface area (Å²) in [5.74, 6) is 0.0325. The monoisotopic (exact) mass is 318 g/mol. The summed E-state index contributed by atoms with van der Waals surface area (Å²) in [6.45, 7) is -2.87. The lowest BCUT2D eigenvalue weighted by atomic mass is 10.0. The van der Waals surface area contributed by atoms with Crippen LogP contribution in [0.15, 0.2) is 42.5 Å². The summed E-state index contributed by atoms with van der Waals surface area (Å²) in [6, 6.07) is 10.5. The molecule has 0 spiro atoms. The van der Waals surface area contributed by atoms with Crippen LogP contribution in [0.5, 0.6) is 5.75 Å². The normalized spacial score (nSPS) is 12.5. The highest BCUT2D eigenvalue weighted by Crippen LogP contribution is 2.29. The van der Waals surface area contributed by atoms with Crippen molar-refractivity contribution in [3.63, 3.8) is 0 Å². The Morgan fingerprint density at radius 2 is 1.50 bits per heavy atom. The van der Waals surface area contributed by atoms with Crippen molar-refractivity contribution in [1.29, 1.82) is 0 Å². The predicted octanol–water partition coefficient (Wildman–Crippen LogP) is 4.68. The van der Waals surface area contributed by atoms with Crippen LogP contribution >= 0.6 is 23.2 Å². The molecule has 2 aromatic rings. The summed E-state index contributed by atoms with van der Waals surface area (Å²) in [5.41, 5.74) is 1.09. The van der Waals surface area contributed by atoms with Crippen molar-refractivity contribution in [1.82, 2.24) is 0 Å². The molecule has 0 saturated heterocycles. The lowest BCUT2D eigenvalue weighted by Gasteiger charge is -2.13. The Hall–Kier alpha value is -1.36. The number of hydrogen-bond acceptors (Lipinski definition) is 2. The first-order chi connectivity index (χ1) is 9.47. The van der Waals surface area contributed by atoms with Gasteiger partial charge in [-0.05, 0) is 35.4 Å². The molecule has 1 unspecified atom stereocenters. The Labute approximate surface area is 124 Å².